The van der Waals surface area contributed by atoms with Gasteiger partial charge >= 0.3 is 5.97 Å². The maximum absolute atomic E-state index is 12.3. The fraction of sp³-hybridized carbons (Fsp3) is 0.235. The van der Waals surface area contributed by atoms with Crippen LogP contribution in [0.4, 0.5) is 0 Å². The van der Waals surface area contributed by atoms with Gasteiger partial charge in [0, 0.05) is 36.0 Å². The third kappa shape index (κ3) is 2.28. The zero-order chi connectivity index (χ0) is 14.8. The summed E-state index contributed by atoms with van der Waals surface area (Å²) in [6, 6.07) is 13.8. The van der Waals surface area contributed by atoms with Crippen molar-refractivity contribution in [3.05, 3.63) is 48.0 Å². The van der Waals surface area contributed by atoms with Crippen molar-refractivity contribution in [1.82, 2.24) is 4.57 Å². The maximum atomic E-state index is 12.3. The van der Waals surface area contributed by atoms with E-state index in [0.717, 1.165) is 21.8 Å². The van der Waals surface area contributed by atoms with Gasteiger partial charge in [-0.3, -0.25) is 0 Å². The van der Waals surface area contributed by atoms with Gasteiger partial charge in [-0.2, -0.15) is 0 Å². The van der Waals surface area contributed by atoms with Gasteiger partial charge in [-0.15, -0.1) is 0 Å². The lowest BCUT2D eigenvalue weighted by molar-refractivity contribution is 0.0390. The number of rotatable bonds is 4. The van der Waals surface area contributed by atoms with Crippen LogP contribution in [0.1, 0.15) is 10.4 Å². The number of benzene rings is 2. The van der Waals surface area contributed by atoms with Crippen LogP contribution in [-0.4, -0.2) is 30.9 Å². The zero-order valence-corrected chi connectivity index (χ0v) is 12.1. The highest BCUT2D eigenvalue weighted by Crippen LogP contribution is 2.30. The van der Waals surface area contributed by atoms with Crippen LogP contribution >= 0.6 is 0 Å². The first-order chi connectivity index (χ1) is 10.2. The van der Waals surface area contributed by atoms with Crippen LogP contribution in [0.25, 0.3) is 21.8 Å². The molecule has 0 saturated heterocycles. The monoisotopic (exact) mass is 283 g/mol. The molecule has 4 heteroatoms. The molecule has 3 rings (SSSR count). The van der Waals surface area contributed by atoms with E-state index in [0.29, 0.717) is 12.2 Å². The van der Waals surface area contributed by atoms with Crippen molar-refractivity contribution >= 4 is 27.8 Å². The molecule has 0 unspecified atom stereocenters. The van der Waals surface area contributed by atoms with Crippen molar-refractivity contribution in [2.45, 2.75) is 0 Å². The van der Waals surface area contributed by atoms with Gasteiger partial charge < -0.3 is 14.0 Å². The minimum Gasteiger partial charge on any atom is -0.460 e. The number of methoxy groups -OCH3 is 1. The molecule has 1 aromatic heterocycles. The molecule has 0 aliphatic rings. The molecule has 0 aliphatic heterocycles. The van der Waals surface area contributed by atoms with Gasteiger partial charge in [0.15, 0.2) is 0 Å². The summed E-state index contributed by atoms with van der Waals surface area (Å²) >= 11 is 0. The lowest BCUT2D eigenvalue weighted by atomic mass is 10.1. The summed E-state index contributed by atoms with van der Waals surface area (Å²) in [4.78, 5) is 12.3. The van der Waals surface area contributed by atoms with E-state index in [4.69, 9.17) is 9.47 Å². The first kappa shape index (κ1) is 13.6. The minimum atomic E-state index is -0.311. The van der Waals surface area contributed by atoms with Gasteiger partial charge in [-0.25, -0.2) is 4.79 Å². The lowest BCUT2D eigenvalue weighted by Crippen LogP contribution is -2.10. The number of para-hydroxylation sites is 1. The number of ether oxygens (including phenoxy) is 2. The minimum absolute atomic E-state index is 0.260. The van der Waals surface area contributed by atoms with Crippen molar-refractivity contribution in [2.24, 2.45) is 7.05 Å². The first-order valence-corrected chi connectivity index (χ1v) is 6.86. The Hall–Kier alpha value is -2.33. The predicted octanol–water partition coefficient (Wildman–Crippen LogP) is 3.13. The number of esters is 1. The van der Waals surface area contributed by atoms with Crippen LogP contribution in [0.3, 0.4) is 0 Å². The van der Waals surface area contributed by atoms with Gasteiger partial charge in [-0.05, 0) is 18.2 Å². The van der Waals surface area contributed by atoms with Crippen LogP contribution in [0, 0.1) is 0 Å². The summed E-state index contributed by atoms with van der Waals surface area (Å²) < 4.78 is 12.3. The van der Waals surface area contributed by atoms with E-state index in [-0.39, 0.29) is 12.6 Å². The largest absolute Gasteiger partial charge is 0.460 e. The summed E-state index contributed by atoms with van der Waals surface area (Å²) in [5.74, 6) is -0.311. The Morgan fingerprint density at radius 1 is 1.05 bits per heavy atom. The summed E-state index contributed by atoms with van der Waals surface area (Å²) in [6.07, 6.45) is 0. The standard InChI is InChI=1S/C17H17NO3/c1-18-14-8-4-3-6-12(14)16-13(7-5-9-15(16)18)17(19)21-11-10-20-2/h3-9H,10-11H2,1-2H3. The summed E-state index contributed by atoms with van der Waals surface area (Å²) in [7, 11) is 3.59. The topological polar surface area (TPSA) is 40.5 Å². The maximum Gasteiger partial charge on any atom is 0.338 e. The van der Waals surface area contributed by atoms with Gasteiger partial charge in [0.1, 0.15) is 6.61 Å². The van der Waals surface area contributed by atoms with Crippen molar-refractivity contribution < 1.29 is 14.3 Å². The second kappa shape index (κ2) is 5.58. The first-order valence-electron chi connectivity index (χ1n) is 6.86. The molecule has 0 amide bonds. The third-order valence-corrected chi connectivity index (χ3v) is 3.68. The number of hydrogen-bond acceptors (Lipinski definition) is 3. The fourth-order valence-corrected chi connectivity index (χ4v) is 2.68. The Morgan fingerprint density at radius 2 is 1.81 bits per heavy atom. The molecular formula is C17H17NO3. The average molecular weight is 283 g/mol. The molecule has 2 aromatic carbocycles. The van der Waals surface area contributed by atoms with Crippen LogP contribution in [0.2, 0.25) is 0 Å². The Kier molecular flexibility index (Phi) is 3.62. The third-order valence-electron chi connectivity index (χ3n) is 3.68. The molecule has 3 aromatic rings. The van der Waals surface area contributed by atoms with E-state index < -0.39 is 0 Å². The summed E-state index contributed by atoms with van der Waals surface area (Å²) in [6.45, 7) is 0.660. The summed E-state index contributed by atoms with van der Waals surface area (Å²) in [5, 5.41) is 2.01. The van der Waals surface area contributed by atoms with E-state index in [1.165, 1.54) is 0 Å². The number of carbonyl (C=O) groups excluding carboxylic acids is 1. The number of carbonyl (C=O) groups is 1. The molecule has 4 nitrogen and oxygen atoms in total. The molecule has 0 aliphatic carbocycles. The Balaban J connectivity index is 2.15. The highest BCUT2D eigenvalue weighted by molar-refractivity contribution is 6.16. The molecule has 0 radical (unpaired) electrons. The van der Waals surface area contributed by atoms with Gasteiger partial charge in [0.25, 0.3) is 0 Å². The van der Waals surface area contributed by atoms with Gasteiger partial charge in [0.05, 0.1) is 12.2 Å². The fourth-order valence-electron chi connectivity index (χ4n) is 2.68. The van der Waals surface area contributed by atoms with E-state index >= 15 is 0 Å². The molecular weight excluding hydrogens is 266 g/mol. The molecule has 0 atom stereocenters. The zero-order valence-electron chi connectivity index (χ0n) is 12.1. The Morgan fingerprint density at radius 3 is 2.62 bits per heavy atom. The molecule has 0 N–H and O–H groups in total. The lowest BCUT2D eigenvalue weighted by Gasteiger charge is -2.06. The van der Waals surface area contributed by atoms with Crippen molar-refractivity contribution in [1.29, 1.82) is 0 Å². The second-order valence-corrected chi connectivity index (χ2v) is 4.90. The molecule has 21 heavy (non-hydrogen) atoms. The van der Waals surface area contributed by atoms with E-state index in [1.807, 2.05) is 43.4 Å². The van der Waals surface area contributed by atoms with Crippen LogP contribution in [0.5, 0.6) is 0 Å². The Bertz CT molecular complexity index is 804. The van der Waals surface area contributed by atoms with Crippen molar-refractivity contribution in [3.63, 3.8) is 0 Å². The second-order valence-electron chi connectivity index (χ2n) is 4.90. The highest BCUT2D eigenvalue weighted by atomic mass is 16.6. The molecule has 1 heterocycles. The number of hydrogen-bond donors (Lipinski definition) is 0. The average Bonchev–Trinajstić information content (AvgIpc) is 2.81. The predicted molar refractivity (Wildman–Crippen MR) is 82.6 cm³/mol. The molecule has 0 spiro atoms. The van der Waals surface area contributed by atoms with Crippen LogP contribution in [-0.2, 0) is 16.5 Å². The SMILES string of the molecule is COCCOC(=O)c1cccc2c1c1ccccc1n2C. The van der Waals surface area contributed by atoms with Crippen molar-refractivity contribution in [2.75, 3.05) is 20.3 Å². The number of fused-ring (bicyclic) bond motifs is 3. The van der Waals surface area contributed by atoms with E-state index in [1.54, 1.807) is 7.11 Å². The van der Waals surface area contributed by atoms with Gasteiger partial charge in [-0.1, -0.05) is 24.3 Å². The van der Waals surface area contributed by atoms with E-state index in [9.17, 15) is 4.79 Å². The highest BCUT2D eigenvalue weighted by Gasteiger charge is 2.16. The molecule has 0 fully saturated rings. The number of aryl methyl sites for hydroxylation is 1. The molecule has 0 bridgehead atoms. The Labute approximate surface area is 122 Å². The van der Waals surface area contributed by atoms with Crippen molar-refractivity contribution in [3.8, 4) is 0 Å². The van der Waals surface area contributed by atoms with E-state index in [2.05, 4.69) is 10.6 Å². The van der Waals surface area contributed by atoms with Gasteiger partial charge in [0.2, 0.25) is 0 Å². The molecule has 0 saturated carbocycles. The van der Waals surface area contributed by atoms with Crippen LogP contribution in [0.15, 0.2) is 42.5 Å². The summed E-state index contributed by atoms with van der Waals surface area (Å²) in [5.41, 5.74) is 2.72. The quantitative estimate of drug-likeness (QED) is 0.545. The normalized spacial score (nSPS) is 11.1. The smallest absolute Gasteiger partial charge is 0.338 e. The number of nitrogens with zero attached hydrogens (tertiary/aromatic N) is 1. The number of aromatic nitrogens is 1. The van der Waals surface area contributed by atoms with Crippen LogP contribution < -0.4 is 0 Å². The molecule has 108 valence electrons.